The van der Waals surface area contributed by atoms with Crippen LogP contribution in [-0.2, 0) is 4.79 Å². The quantitative estimate of drug-likeness (QED) is 0.776. The maximum Gasteiger partial charge on any atom is 0.321 e. The fourth-order valence-corrected chi connectivity index (χ4v) is 1.84. The summed E-state index contributed by atoms with van der Waals surface area (Å²) < 4.78 is 0. The maximum atomic E-state index is 11.6. The Hall–Kier alpha value is -2.35. The van der Waals surface area contributed by atoms with E-state index in [0.717, 1.165) is 17.7 Å². The molecule has 0 spiro atoms. The van der Waals surface area contributed by atoms with E-state index in [-0.39, 0.29) is 6.61 Å². The number of fused-ring (bicyclic) bond motifs is 1. The largest absolute Gasteiger partial charge is 0.385 e. The molecule has 0 aliphatic heterocycles. The highest BCUT2D eigenvalue weighted by molar-refractivity contribution is 6.31. The predicted molar refractivity (Wildman–Crippen MR) is 80.4 cm³/mol. The van der Waals surface area contributed by atoms with Crippen molar-refractivity contribution in [2.24, 2.45) is 0 Å². The molecule has 9 heteroatoms. The number of nitrogens with zero attached hydrogens (tertiary/aromatic N) is 3. The average Bonchev–Trinajstić information content (AvgIpc) is 2.87. The molecule has 0 saturated carbocycles. The number of imide groups is 1. The number of benzene rings is 1. The first-order valence-corrected chi connectivity index (χ1v) is 7.20. The van der Waals surface area contributed by atoms with Crippen LogP contribution in [0.15, 0.2) is 18.2 Å². The van der Waals surface area contributed by atoms with Crippen molar-refractivity contribution in [3.63, 3.8) is 0 Å². The monoisotopic (exact) mass is 325 g/mol. The molecule has 0 aliphatic carbocycles. The van der Waals surface area contributed by atoms with Gasteiger partial charge in [0.25, 0.3) is 5.91 Å². The number of hydrogen-bond acceptors (Lipinski definition) is 5. The fraction of sp³-hybridized carbons (Fsp3) is 0.385. The second-order valence-electron chi connectivity index (χ2n) is 4.53. The van der Waals surface area contributed by atoms with Gasteiger partial charge in [0.05, 0.1) is 0 Å². The van der Waals surface area contributed by atoms with Gasteiger partial charge in [-0.1, -0.05) is 29.8 Å². The topological polar surface area (TPSA) is 98.1 Å². The first kappa shape index (κ1) is 16.0. The summed E-state index contributed by atoms with van der Waals surface area (Å²) in [5.41, 5.74) is 1.12. The molecular weight excluding hydrogens is 310 g/mol. The maximum absolute atomic E-state index is 11.6. The number of unbranched alkanes of at least 4 members (excludes halogenated alkanes) is 1. The van der Waals surface area contributed by atoms with E-state index in [2.05, 4.69) is 20.9 Å². The zero-order valence-corrected chi connectivity index (χ0v) is 12.8. The van der Waals surface area contributed by atoms with E-state index >= 15 is 0 Å². The normalized spacial score (nSPS) is 10.5. The number of carbonyl (C=O) groups is 2. The third kappa shape index (κ3) is 4.32. The van der Waals surface area contributed by atoms with Crippen molar-refractivity contribution in [2.75, 3.05) is 13.2 Å². The summed E-state index contributed by atoms with van der Waals surface area (Å²) in [6.45, 7) is 2.15. The van der Waals surface area contributed by atoms with Crippen LogP contribution in [0.5, 0.6) is 0 Å². The molecule has 0 unspecified atom stereocenters. The van der Waals surface area contributed by atoms with E-state index in [0.29, 0.717) is 22.6 Å². The van der Waals surface area contributed by atoms with Gasteiger partial charge < -0.3 is 10.2 Å². The Morgan fingerprint density at radius 2 is 2.23 bits per heavy atom. The summed E-state index contributed by atoms with van der Waals surface area (Å²) in [6, 6.07) is 4.43. The van der Waals surface area contributed by atoms with Crippen molar-refractivity contribution >= 4 is 34.6 Å². The molecule has 0 saturated heterocycles. The number of amides is 3. The summed E-state index contributed by atoms with van der Waals surface area (Å²) in [5.74, 6) is -0.584. The van der Waals surface area contributed by atoms with Gasteiger partial charge in [0, 0.05) is 11.6 Å². The smallest absolute Gasteiger partial charge is 0.321 e. The number of nitrogens with one attached hydrogen (secondary N) is 2. The third-order valence-corrected chi connectivity index (χ3v) is 3.00. The van der Waals surface area contributed by atoms with Crippen LogP contribution in [0, 0.1) is 0 Å². The lowest BCUT2D eigenvalue weighted by Gasteiger charge is -2.07. The lowest BCUT2D eigenvalue weighted by molar-refractivity contribution is -0.125. The van der Waals surface area contributed by atoms with E-state index in [1.807, 2.05) is 6.92 Å². The Balaban J connectivity index is 1.85. The van der Waals surface area contributed by atoms with Gasteiger partial charge in [-0.25, -0.2) is 4.79 Å². The van der Waals surface area contributed by atoms with Crippen molar-refractivity contribution in [2.45, 2.75) is 19.8 Å². The van der Waals surface area contributed by atoms with E-state index in [4.69, 9.17) is 16.4 Å². The molecule has 8 nitrogen and oxygen atoms in total. The zero-order valence-electron chi connectivity index (χ0n) is 12.0. The van der Waals surface area contributed by atoms with E-state index in [1.54, 1.807) is 18.2 Å². The van der Waals surface area contributed by atoms with Gasteiger partial charge in [-0.2, -0.15) is 0 Å². The predicted octanol–water partition coefficient (Wildman–Crippen LogP) is 1.14. The van der Waals surface area contributed by atoms with Crippen LogP contribution < -0.4 is 15.5 Å². The van der Waals surface area contributed by atoms with E-state index in [1.165, 1.54) is 0 Å². The minimum absolute atomic E-state index is 0.369. The molecule has 0 aliphatic rings. The molecular formula is C13H16ClN5O3. The first-order chi connectivity index (χ1) is 10.6. The molecule has 0 bridgehead atoms. The van der Waals surface area contributed by atoms with Crippen molar-refractivity contribution < 1.29 is 14.4 Å². The van der Waals surface area contributed by atoms with Crippen LogP contribution >= 0.6 is 11.6 Å². The number of rotatable bonds is 6. The summed E-state index contributed by atoms with van der Waals surface area (Å²) >= 11 is 5.88. The average molecular weight is 326 g/mol. The van der Waals surface area contributed by atoms with Gasteiger partial charge >= 0.3 is 6.03 Å². The van der Waals surface area contributed by atoms with Gasteiger partial charge in [-0.15, -0.1) is 5.10 Å². The van der Waals surface area contributed by atoms with Crippen molar-refractivity contribution in [3.8, 4) is 0 Å². The molecule has 3 amide bonds. The van der Waals surface area contributed by atoms with Crippen LogP contribution in [0.4, 0.5) is 4.79 Å². The van der Waals surface area contributed by atoms with Crippen LogP contribution in [0.25, 0.3) is 11.0 Å². The molecule has 1 aromatic heterocycles. The molecule has 2 N–H and O–H groups in total. The van der Waals surface area contributed by atoms with Gasteiger partial charge in [0.1, 0.15) is 11.0 Å². The Morgan fingerprint density at radius 1 is 1.41 bits per heavy atom. The van der Waals surface area contributed by atoms with E-state index < -0.39 is 11.9 Å². The number of hydrogen-bond donors (Lipinski definition) is 2. The molecule has 0 fully saturated rings. The Labute approximate surface area is 131 Å². The fourth-order valence-electron chi connectivity index (χ4n) is 1.67. The first-order valence-electron chi connectivity index (χ1n) is 6.82. The van der Waals surface area contributed by atoms with Gasteiger partial charge in [0.15, 0.2) is 6.61 Å². The standard InChI is InChI=1S/C13H16ClN5O3/c1-2-3-6-15-13(21)16-12(20)8-22-19-11-7-9(14)4-5-10(11)17-18-19/h4-5,7H,2-3,6,8H2,1H3,(H2,15,16,20,21). The Morgan fingerprint density at radius 3 is 3.00 bits per heavy atom. The summed E-state index contributed by atoms with van der Waals surface area (Å²) in [5, 5.41) is 12.8. The van der Waals surface area contributed by atoms with Crippen LogP contribution in [0.1, 0.15) is 19.8 Å². The summed E-state index contributed by atoms with van der Waals surface area (Å²) in [6.07, 6.45) is 1.81. The number of aromatic nitrogens is 3. The summed E-state index contributed by atoms with van der Waals surface area (Å²) in [7, 11) is 0. The molecule has 0 radical (unpaired) electrons. The van der Waals surface area contributed by atoms with Crippen LogP contribution in [0.3, 0.4) is 0 Å². The highest BCUT2D eigenvalue weighted by Crippen LogP contribution is 2.16. The molecule has 0 atom stereocenters. The molecule has 1 heterocycles. The van der Waals surface area contributed by atoms with Gasteiger partial charge in [0.2, 0.25) is 0 Å². The minimum atomic E-state index is -0.584. The molecule has 22 heavy (non-hydrogen) atoms. The van der Waals surface area contributed by atoms with E-state index in [9.17, 15) is 9.59 Å². The number of urea groups is 1. The highest BCUT2D eigenvalue weighted by Gasteiger charge is 2.10. The minimum Gasteiger partial charge on any atom is -0.385 e. The van der Waals surface area contributed by atoms with Crippen molar-refractivity contribution in [1.29, 1.82) is 0 Å². The summed E-state index contributed by atoms with van der Waals surface area (Å²) in [4.78, 5) is 29.3. The third-order valence-electron chi connectivity index (χ3n) is 2.76. The SMILES string of the molecule is CCCCNC(=O)NC(=O)COn1nnc2ccc(Cl)cc21. The van der Waals surface area contributed by atoms with Gasteiger partial charge in [-0.3, -0.25) is 10.1 Å². The van der Waals surface area contributed by atoms with Crippen molar-refractivity contribution in [3.05, 3.63) is 23.2 Å². The number of halogens is 1. The second kappa shape index (κ2) is 7.60. The van der Waals surface area contributed by atoms with Crippen LogP contribution in [0.2, 0.25) is 5.02 Å². The Kier molecular flexibility index (Phi) is 5.54. The van der Waals surface area contributed by atoms with Crippen LogP contribution in [-0.4, -0.2) is 40.2 Å². The molecule has 1 aromatic carbocycles. The molecule has 118 valence electrons. The lowest BCUT2D eigenvalue weighted by atomic mass is 10.3. The van der Waals surface area contributed by atoms with Gasteiger partial charge in [-0.05, 0) is 29.8 Å². The highest BCUT2D eigenvalue weighted by atomic mass is 35.5. The zero-order chi connectivity index (χ0) is 15.9. The lowest BCUT2D eigenvalue weighted by Crippen LogP contribution is -2.42. The van der Waals surface area contributed by atoms with Crippen molar-refractivity contribution in [1.82, 2.24) is 25.8 Å². The molecule has 2 rings (SSSR count). The molecule has 2 aromatic rings. The Bertz CT molecular complexity index is 673. The number of carbonyl (C=O) groups excluding carboxylic acids is 2. The second-order valence-corrected chi connectivity index (χ2v) is 4.96.